The molecule has 1 atom stereocenters. The first kappa shape index (κ1) is 24.7. The van der Waals surface area contributed by atoms with Crippen molar-refractivity contribution in [3.05, 3.63) is 106 Å². The molecule has 1 unspecified atom stereocenters. The molecule has 3 aromatic rings. The smallest absolute Gasteiger partial charge is 0.107 e. The summed E-state index contributed by atoms with van der Waals surface area (Å²) < 4.78 is 7.34. The lowest BCUT2D eigenvalue weighted by atomic mass is 9.70. The van der Waals surface area contributed by atoms with Crippen LogP contribution >= 0.6 is 15.9 Å². The molecular weight excluding hydrogens is 484 g/mol. The largest absolute Gasteiger partial charge is 0.372 e. The van der Waals surface area contributed by atoms with Crippen LogP contribution < -0.4 is 0 Å². The Morgan fingerprint density at radius 2 is 1.50 bits per heavy atom. The average Bonchev–Trinajstić information content (AvgIpc) is 3.36. The summed E-state index contributed by atoms with van der Waals surface area (Å²) in [5.41, 5.74) is 2.65. The number of hydrogen-bond donors (Lipinski definition) is 0. The minimum atomic E-state index is -0.656. The van der Waals surface area contributed by atoms with Crippen LogP contribution in [0.25, 0.3) is 0 Å². The number of nitrogens with zero attached hydrogens (tertiary/aromatic N) is 2. The number of hydrogen-bond acceptors (Lipinski definition) is 3. The zero-order valence-corrected chi connectivity index (χ0v) is 21.7. The van der Waals surface area contributed by atoms with Gasteiger partial charge in [0.1, 0.15) is 5.41 Å². The summed E-state index contributed by atoms with van der Waals surface area (Å²) in [4.78, 5) is 2.54. The van der Waals surface area contributed by atoms with Gasteiger partial charge in [-0.15, -0.1) is 0 Å². The second kappa shape index (κ2) is 10.9. The van der Waals surface area contributed by atoms with Gasteiger partial charge in [0.15, 0.2) is 0 Å². The highest BCUT2D eigenvalue weighted by Gasteiger charge is 2.39. The fraction of sp³-hybridized carbons (Fsp3) is 0.367. The molecule has 0 spiro atoms. The average molecular weight is 518 g/mol. The molecule has 0 amide bonds. The zero-order chi connectivity index (χ0) is 24.0. The summed E-state index contributed by atoms with van der Waals surface area (Å²) >= 11 is 3.49. The maximum absolute atomic E-state index is 10.5. The summed E-state index contributed by atoms with van der Waals surface area (Å²) in [6, 6.07) is 31.6. The molecule has 176 valence electrons. The van der Waals surface area contributed by atoms with E-state index in [9.17, 15) is 5.26 Å². The minimum Gasteiger partial charge on any atom is -0.372 e. The molecule has 3 aromatic carbocycles. The second-order valence-electron chi connectivity index (χ2n) is 9.86. The standard InChI is InChI=1S/C30H33BrN2O/c1-29(2,33-20-17-28(21-33)34-22-24-13-15-27(31)16-14-24)18-19-30(23-32,25-9-5-3-6-10-25)26-11-7-4-8-12-26/h3-16,28H,17-22H2,1-2H3. The van der Waals surface area contributed by atoms with Crippen LogP contribution in [-0.2, 0) is 16.8 Å². The summed E-state index contributed by atoms with van der Waals surface area (Å²) in [5.74, 6) is 0. The van der Waals surface area contributed by atoms with Crippen LogP contribution in [0.2, 0.25) is 0 Å². The Hall–Kier alpha value is -2.45. The second-order valence-corrected chi connectivity index (χ2v) is 10.8. The van der Waals surface area contributed by atoms with Gasteiger partial charge >= 0.3 is 0 Å². The molecule has 1 fully saturated rings. The summed E-state index contributed by atoms with van der Waals surface area (Å²) in [5, 5.41) is 10.5. The maximum atomic E-state index is 10.5. The van der Waals surface area contributed by atoms with Crippen molar-refractivity contribution in [3.63, 3.8) is 0 Å². The summed E-state index contributed by atoms with van der Waals surface area (Å²) in [6.07, 6.45) is 2.97. The fourth-order valence-corrected chi connectivity index (χ4v) is 5.21. The third kappa shape index (κ3) is 5.61. The number of rotatable bonds is 9. The van der Waals surface area contributed by atoms with E-state index >= 15 is 0 Å². The van der Waals surface area contributed by atoms with Crippen LogP contribution in [0.15, 0.2) is 89.4 Å². The summed E-state index contributed by atoms with van der Waals surface area (Å²) in [7, 11) is 0. The predicted octanol–water partition coefficient (Wildman–Crippen LogP) is 7.11. The molecule has 0 N–H and O–H groups in total. The van der Waals surface area contributed by atoms with Gasteiger partial charge in [-0.2, -0.15) is 5.26 Å². The van der Waals surface area contributed by atoms with Crippen molar-refractivity contribution in [3.8, 4) is 6.07 Å². The highest BCUT2D eigenvalue weighted by molar-refractivity contribution is 9.10. The number of halogens is 1. The lowest BCUT2D eigenvalue weighted by Gasteiger charge is -2.38. The lowest BCUT2D eigenvalue weighted by Crippen LogP contribution is -2.44. The van der Waals surface area contributed by atoms with E-state index in [2.05, 4.69) is 89.3 Å². The topological polar surface area (TPSA) is 36.3 Å². The van der Waals surface area contributed by atoms with E-state index in [0.717, 1.165) is 48.0 Å². The third-order valence-corrected chi connectivity index (χ3v) is 7.76. The van der Waals surface area contributed by atoms with E-state index in [1.807, 2.05) is 36.4 Å². The van der Waals surface area contributed by atoms with Crippen molar-refractivity contribution >= 4 is 15.9 Å². The number of likely N-dealkylation sites (tertiary alicyclic amines) is 1. The maximum Gasteiger partial charge on any atom is 0.107 e. The van der Waals surface area contributed by atoms with E-state index in [1.54, 1.807) is 0 Å². The molecule has 0 aliphatic carbocycles. The zero-order valence-electron chi connectivity index (χ0n) is 20.1. The first-order valence-electron chi connectivity index (χ1n) is 12.1. The summed E-state index contributed by atoms with van der Waals surface area (Å²) in [6.45, 7) is 7.21. The quantitative estimate of drug-likeness (QED) is 0.304. The molecule has 0 aromatic heterocycles. The SMILES string of the molecule is CC(C)(CCC(C#N)(c1ccccc1)c1ccccc1)N1CCC(OCc2ccc(Br)cc2)C1. The Kier molecular flexibility index (Phi) is 7.88. The number of benzene rings is 3. The van der Waals surface area contributed by atoms with Gasteiger partial charge in [0, 0.05) is 23.1 Å². The van der Waals surface area contributed by atoms with Crippen LogP contribution in [0.3, 0.4) is 0 Å². The molecule has 1 heterocycles. The van der Waals surface area contributed by atoms with Crippen molar-refractivity contribution < 1.29 is 4.74 Å². The fourth-order valence-electron chi connectivity index (χ4n) is 4.95. The van der Waals surface area contributed by atoms with Gasteiger partial charge in [-0.1, -0.05) is 88.7 Å². The van der Waals surface area contributed by atoms with Crippen LogP contribution in [0.5, 0.6) is 0 Å². The van der Waals surface area contributed by atoms with Crippen LogP contribution in [0.4, 0.5) is 0 Å². The normalized spacial score (nSPS) is 16.9. The molecule has 34 heavy (non-hydrogen) atoms. The molecule has 0 saturated carbocycles. The van der Waals surface area contributed by atoms with Crippen molar-refractivity contribution in [1.82, 2.24) is 4.90 Å². The van der Waals surface area contributed by atoms with Gasteiger partial charge in [0.2, 0.25) is 0 Å². The van der Waals surface area contributed by atoms with Crippen molar-refractivity contribution in [1.29, 1.82) is 5.26 Å². The van der Waals surface area contributed by atoms with Crippen LogP contribution in [0.1, 0.15) is 49.8 Å². The lowest BCUT2D eigenvalue weighted by molar-refractivity contribution is 0.0341. The predicted molar refractivity (Wildman–Crippen MR) is 141 cm³/mol. The highest BCUT2D eigenvalue weighted by atomic mass is 79.9. The Bertz CT molecular complexity index is 1050. The molecule has 1 saturated heterocycles. The molecule has 3 nitrogen and oxygen atoms in total. The Morgan fingerprint density at radius 1 is 0.912 bits per heavy atom. The van der Waals surface area contributed by atoms with Gasteiger partial charge in [0.05, 0.1) is 18.8 Å². The monoisotopic (exact) mass is 516 g/mol. The van der Waals surface area contributed by atoms with Crippen molar-refractivity contribution in [2.75, 3.05) is 13.1 Å². The highest BCUT2D eigenvalue weighted by Crippen LogP contribution is 2.39. The van der Waals surface area contributed by atoms with E-state index in [-0.39, 0.29) is 11.6 Å². The third-order valence-electron chi connectivity index (χ3n) is 7.24. The number of ether oxygens (including phenoxy) is 1. The first-order valence-corrected chi connectivity index (χ1v) is 12.9. The van der Waals surface area contributed by atoms with Crippen molar-refractivity contribution in [2.45, 2.75) is 56.8 Å². The molecule has 1 aliphatic heterocycles. The van der Waals surface area contributed by atoms with E-state index in [4.69, 9.17) is 4.74 Å². The van der Waals surface area contributed by atoms with Gasteiger partial charge in [0.25, 0.3) is 0 Å². The number of nitriles is 1. The Balaban J connectivity index is 1.43. The van der Waals surface area contributed by atoms with Crippen LogP contribution in [0, 0.1) is 11.3 Å². The Labute approximate surface area is 212 Å². The Morgan fingerprint density at radius 3 is 2.06 bits per heavy atom. The van der Waals surface area contributed by atoms with Crippen molar-refractivity contribution in [2.24, 2.45) is 0 Å². The molecule has 1 aliphatic rings. The van der Waals surface area contributed by atoms with E-state index < -0.39 is 5.41 Å². The minimum absolute atomic E-state index is 0.0264. The van der Waals surface area contributed by atoms with E-state index in [0.29, 0.717) is 6.61 Å². The molecule has 0 bridgehead atoms. The first-order chi connectivity index (χ1) is 16.4. The molecular formula is C30H33BrN2O. The van der Waals surface area contributed by atoms with Gasteiger partial charge in [-0.05, 0) is 61.9 Å². The van der Waals surface area contributed by atoms with Gasteiger partial charge in [-0.25, -0.2) is 0 Å². The van der Waals surface area contributed by atoms with E-state index in [1.165, 1.54) is 5.56 Å². The van der Waals surface area contributed by atoms with Gasteiger partial charge in [-0.3, -0.25) is 4.90 Å². The molecule has 0 radical (unpaired) electrons. The van der Waals surface area contributed by atoms with Crippen LogP contribution in [-0.4, -0.2) is 29.6 Å². The van der Waals surface area contributed by atoms with Gasteiger partial charge < -0.3 is 4.74 Å². The molecule has 4 rings (SSSR count). The molecule has 4 heteroatoms.